The molecule has 3 heterocycles. The molecule has 174 valence electrons. The average molecular weight is 451 g/mol. The van der Waals surface area contributed by atoms with Crippen molar-refractivity contribution in [1.29, 1.82) is 5.26 Å². The lowest BCUT2D eigenvalue weighted by atomic mass is 9.94. The topological polar surface area (TPSA) is 112 Å². The molecule has 2 aromatic rings. The van der Waals surface area contributed by atoms with Gasteiger partial charge in [0, 0.05) is 36.3 Å². The summed E-state index contributed by atoms with van der Waals surface area (Å²) >= 11 is 0. The molecule has 1 fully saturated rings. The van der Waals surface area contributed by atoms with E-state index in [1.807, 2.05) is 38.1 Å². The monoisotopic (exact) mass is 450 g/mol. The zero-order chi connectivity index (χ0) is 23.4. The molecule has 0 saturated carbocycles. The Bertz CT molecular complexity index is 1050. The molecular weight excluding hydrogens is 420 g/mol. The highest BCUT2D eigenvalue weighted by atomic mass is 16.5. The van der Waals surface area contributed by atoms with Crippen LogP contribution in [0.5, 0.6) is 0 Å². The predicted molar refractivity (Wildman–Crippen MR) is 125 cm³/mol. The first-order chi connectivity index (χ1) is 15.9. The second-order valence-corrected chi connectivity index (χ2v) is 8.55. The number of hydrogen-bond acceptors (Lipinski definition) is 7. The van der Waals surface area contributed by atoms with Crippen molar-refractivity contribution in [1.82, 2.24) is 15.3 Å². The van der Waals surface area contributed by atoms with Gasteiger partial charge in [0.25, 0.3) is 0 Å². The van der Waals surface area contributed by atoms with Crippen LogP contribution in [0.3, 0.4) is 0 Å². The number of carbonyl (C=O) groups excluding carboxylic acids is 1. The number of ether oxygens (including phenoxy) is 2. The third-order valence-electron chi connectivity index (χ3n) is 6.11. The number of nitriles is 1. The molecule has 2 amide bonds. The number of hydrogen-bond donors (Lipinski definition) is 2. The average Bonchev–Trinajstić information content (AvgIpc) is 3.15. The van der Waals surface area contributed by atoms with Gasteiger partial charge in [-0.1, -0.05) is 0 Å². The zero-order valence-corrected chi connectivity index (χ0v) is 19.4. The first kappa shape index (κ1) is 23.0. The van der Waals surface area contributed by atoms with Gasteiger partial charge < -0.3 is 25.0 Å². The van der Waals surface area contributed by atoms with Crippen LogP contribution in [0.25, 0.3) is 11.4 Å². The third-order valence-corrected chi connectivity index (χ3v) is 6.11. The Labute approximate surface area is 194 Å². The summed E-state index contributed by atoms with van der Waals surface area (Å²) in [5.74, 6) is 1.47. The lowest BCUT2D eigenvalue weighted by Crippen LogP contribution is -2.44. The summed E-state index contributed by atoms with van der Waals surface area (Å²) in [4.78, 5) is 24.0. The number of benzene rings is 1. The Morgan fingerprint density at radius 3 is 2.82 bits per heavy atom. The third kappa shape index (κ3) is 4.77. The minimum atomic E-state index is -0.632. The van der Waals surface area contributed by atoms with Crippen molar-refractivity contribution in [2.45, 2.75) is 51.9 Å². The maximum atomic E-state index is 11.8. The number of anilines is 2. The van der Waals surface area contributed by atoms with E-state index in [2.05, 4.69) is 28.5 Å². The number of rotatable bonds is 6. The molecule has 0 aliphatic carbocycles. The van der Waals surface area contributed by atoms with Gasteiger partial charge in [-0.05, 0) is 51.5 Å². The van der Waals surface area contributed by atoms with Gasteiger partial charge in [-0.3, -0.25) is 0 Å². The van der Waals surface area contributed by atoms with Crippen LogP contribution in [-0.4, -0.2) is 48.3 Å². The lowest BCUT2D eigenvalue weighted by molar-refractivity contribution is -0.0306. The van der Waals surface area contributed by atoms with Crippen molar-refractivity contribution >= 4 is 17.5 Å². The number of aromatic nitrogens is 2. The fourth-order valence-corrected chi connectivity index (χ4v) is 4.27. The highest BCUT2D eigenvalue weighted by Gasteiger charge is 2.41. The molecule has 4 rings (SSSR count). The summed E-state index contributed by atoms with van der Waals surface area (Å²) in [6.45, 7) is 9.00. The normalized spacial score (nSPS) is 21.9. The first-order valence-electron chi connectivity index (χ1n) is 11.4. The maximum absolute atomic E-state index is 11.8. The Kier molecular flexibility index (Phi) is 6.77. The molecule has 1 aromatic carbocycles. The Hall–Kier alpha value is -3.22. The van der Waals surface area contributed by atoms with Crippen LogP contribution in [-0.2, 0) is 21.7 Å². The Balaban J connectivity index is 1.73. The number of carbonyl (C=O) groups is 1. The van der Waals surface area contributed by atoms with Gasteiger partial charge in [0.15, 0.2) is 5.82 Å². The minimum absolute atomic E-state index is 0.181. The molecule has 0 bridgehead atoms. The van der Waals surface area contributed by atoms with Crippen LogP contribution in [0.1, 0.15) is 44.9 Å². The van der Waals surface area contributed by atoms with Gasteiger partial charge >= 0.3 is 6.03 Å². The summed E-state index contributed by atoms with van der Waals surface area (Å²) in [6.07, 6.45) is 0.958. The molecule has 1 aromatic heterocycles. The van der Waals surface area contributed by atoms with Gasteiger partial charge in [-0.2, -0.15) is 5.26 Å². The molecule has 9 heteroatoms. The summed E-state index contributed by atoms with van der Waals surface area (Å²) in [6, 6.07) is 9.64. The van der Waals surface area contributed by atoms with E-state index >= 15 is 0 Å². The number of nitrogens with zero attached hydrogens (tertiary/aromatic N) is 4. The molecule has 0 radical (unpaired) electrons. The molecular formula is C24H30N6O3. The summed E-state index contributed by atoms with van der Waals surface area (Å²) in [7, 11) is 0. The van der Waals surface area contributed by atoms with Crippen molar-refractivity contribution < 1.29 is 14.3 Å². The van der Waals surface area contributed by atoms with Crippen molar-refractivity contribution in [2.24, 2.45) is 0 Å². The van der Waals surface area contributed by atoms with E-state index in [0.717, 1.165) is 29.2 Å². The molecule has 33 heavy (non-hydrogen) atoms. The number of fused-ring (bicyclic) bond motifs is 1. The molecule has 0 spiro atoms. The number of nitrogens with one attached hydrogen (secondary N) is 2. The summed E-state index contributed by atoms with van der Waals surface area (Å²) in [5, 5.41) is 14.7. The van der Waals surface area contributed by atoms with Crippen LogP contribution in [0.15, 0.2) is 24.3 Å². The van der Waals surface area contributed by atoms with E-state index < -0.39 is 5.60 Å². The first-order valence-corrected chi connectivity index (χ1v) is 11.4. The maximum Gasteiger partial charge on any atom is 0.319 e. The number of urea groups is 1. The second-order valence-electron chi connectivity index (χ2n) is 8.55. The van der Waals surface area contributed by atoms with Gasteiger partial charge in [-0.25, -0.2) is 14.8 Å². The quantitative estimate of drug-likeness (QED) is 0.692. The van der Waals surface area contributed by atoms with Crippen LogP contribution in [0.4, 0.5) is 16.3 Å². The highest BCUT2D eigenvalue weighted by Crippen LogP contribution is 2.43. The zero-order valence-electron chi connectivity index (χ0n) is 19.4. The van der Waals surface area contributed by atoms with Crippen LogP contribution in [0, 0.1) is 11.3 Å². The standard InChI is InChI=1S/C24H30N6O3/c1-4-26-23(31)27-18-8-6-17(7-9-18)21-28-20-19(15-33-24(20,3)10-5-11-25)22(29-21)30-12-13-32-14-16(30)2/h6-9,16H,4-5,10,12-15H2,1-3H3,(H2,26,27,31)/t16-,24+/m0/s1. The molecule has 2 N–H and O–H groups in total. The lowest BCUT2D eigenvalue weighted by Gasteiger charge is -2.35. The van der Waals surface area contributed by atoms with Crippen LogP contribution < -0.4 is 15.5 Å². The number of amides is 2. The van der Waals surface area contributed by atoms with E-state index in [1.165, 1.54) is 0 Å². The summed E-state index contributed by atoms with van der Waals surface area (Å²) < 4.78 is 11.8. The fourth-order valence-electron chi connectivity index (χ4n) is 4.27. The smallest absolute Gasteiger partial charge is 0.319 e. The highest BCUT2D eigenvalue weighted by molar-refractivity contribution is 5.89. The SMILES string of the molecule is CCNC(=O)Nc1ccc(-c2nc(N3CCOC[C@@H]3C)c3c(n2)[C@@](C)(CCC#N)OC3)cc1. The Morgan fingerprint density at radius 1 is 1.33 bits per heavy atom. The van der Waals surface area contributed by atoms with Gasteiger partial charge in [0.05, 0.1) is 37.6 Å². The van der Waals surface area contributed by atoms with Gasteiger partial charge in [0.1, 0.15) is 11.4 Å². The fraction of sp³-hybridized carbons (Fsp3) is 0.500. The van der Waals surface area contributed by atoms with E-state index in [-0.39, 0.29) is 12.1 Å². The second kappa shape index (κ2) is 9.73. The van der Waals surface area contributed by atoms with Crippen LogP contribution in [0.2, 0.25) is 0 Å². The summed E-state index contributed by atoms with van der Waals surface area (Å²) in [5.41, 5.74) is 2.74. The molecule has 0 unspecified atom stereocenters. The van der Waals surface area contributed by atoms with Crippen molar-refractivity contribution in [2.75, 3.05) is 36.5 Å². The van der Waals surface area contributed by atoms with E-state index in [1.54, 1.807) is 0 Å². The Morgan fingerprint density at radius 2 is 2.12 bits per heavy atom. The van der Waals surface area contributed by atoms with Gasteiger partial charge in [-0.15, -0.1) is 0 Å². The largest absolute Gasteiger partial charge is 0.377 e. The molecule has 1 saturated heterocycles. The predicted octanol–water partition coefficient (Wildman–Crippen LogP) is 3.56. The van der Waals surface area contributed by atoms with Crippen molar-refractivity contribution in [3.8, 4) is 17.5 Å². The molecule has 2 atom stereocenters. The van der Waals surface area contributed by atoms with E-state index in [0.29, 0.717) is 50.7 Å². The van der Waals surface area contributed by atoms with E-state index in [4.69, 9.17) is 24.7 Å². The van der Waals surface area contributed by atoms with Gasteiger partial charge in [0.2, 0.25) is 0 Å². The minimum Gasteiger partial charge on any atom is -0.377 e. The molecule has 2 aliphatic heterocycles. The number of morpholine rings is 1. The van der Waals surface area contributed by atoms with Crippen molar-refractivity contribution in [3.05, 3.63) is 35.5 Å². The van der Waals surface area contributed by atoms with Crippen molar-refractivity contribution in [3.63, 3.8) is 0 Å². The molecule has 2 aliphatic rings. The molecule has 9 nitrogen and oxygen atoms in total. The van der Waals surface area contributed by atoms with E-state index in [9.17, 15) is 4.79 Å². The van der Waals surface area contributed by atoms with Crippen LogP contribution >= 0.6 is 0 Å².